The van der Waals surface area contributed by atoms with Crippen molar-refractivity contribution in [3.63, 3.8) is 0 Å². The summed E-state index contributed by atoms with van der Waals surface area (Å²) in [7, 11) is 1.27. The van der Waals surface area contributed by atoms with Crippen molar-refractivity contribution in [1.82, 2.24) is 5.32 Å². The topological polar surface area (TPSA) is 114 Å². The van der Waals surface area contributed by atoms with Crippen LogP contribution in [0, 0.1) is 0 Å². The second kappa shape index (κ2) is 6.24. The Morgan fingerprint density at radius 1 is 1.92 bits per heavy atom. The zero-order chi connectivity index (χ0) is 16.6. The fraction of sp³-hybridized carbons (Fsp3) is 0.714. The maximum atomic E-state index is 10.8. The third-order valence-electron chi connectivity index (χ3n) is 0.916. The Labute approximate surface area is 86.8 Å². The van der Waals surface area contributed by atoms with Gasteiger partial charge in [0.05, 0.1) is 4.11 Å². The lowest BCUT2D eigenvalue weighted by molar-refractivity contribution is -0.138. The number of hydrogen-bond acceptors (Lipinski definition) is 3. The molecule has 0 aromatic rings. The molecule has 1 atom stereocenters. The summed E-state index contributed by atoms with van der Waals surface area (Å²) >= 11 is 0. The largest absolute Gasteiger partial charge is 0.480 e. The fourth-order valence-electron chi connectivity index (χ4n) is 0.293. The van der Waals surface area contributed by atoms with E-state index < -0.39 is 37.2 Å². The summed E-state index contributed by atoms with van der Waals surface area (Å²) in [6.07, 6.45) is -7.15. The molecule has 0 spiro atoms. The van der Waals surface area contributed by atoms with Crippen LogP contribution in [-0.4, -0.2) is 36.6 Å². The SMILES string of the molecule is [2H]C([2H])(N=C(N)NC)C([2H])([2H])C([2H])([2H])C([2H])(N)C(=O)O. The number of hydrogen-bond donors (Lipinski definition) is 4. The van der Waals surface area contributed by atoms with Crippen molar-refractivity contribution in [1.29, 1.82) is 0 Å². The van der Waals surface area contributed by atoms with E-state index in [0.717, 1.165) is 0 Å². The number of carboxylic acids is 1. The van der Waals surface area contributed by atoms with Crippen LogP contribution in [-0.2, 0) is 4.79 Å². The lowest BCUT2D eigenvalue weighted by Crippen LogP contribution is -2.30. The number of rotatable bonds is 5. The second-order valence-corrected chi connectivity index (χ2v) is 1.83. The molecule has 13 heavy (non-hydrogen) atoms. The number of nitrogens with one attached hydrogen (secondary N) is 1. The van der Waals surface area contributed by atoms with E-state index in [1.807, 2.05) is 0 Å². The van der Waals surface area contributed by atoms with Gasteiger partial charge in [-0.1, -0.05) is 0 Å². The predicted molar refractivity (Wildman–Crippen MR) is 50.4 cm³/mol. The number of nitrogens with zero attached hydrogens (tertiary/aromatic N) is 1. The van der Waals surface area contributed by atoms with Gasteiger partial charge in [-0.25, -0.2) is 0 Å². The third-order valence-corrected chi connectivity index (χ3v) is 0.916. The first-order chi connectivity index (χ1) is 8.65. The molecule has 0 bridgehead atoms. The van der Waals surface area contributed by atoms with E-state index >= 15 is 0 Å². The Hall–Kier alpha value is -1.30. The molecular formula is C7H16N4O2. The van der Waals surface area contributed by atoms with Gasteiger partial charge in [0, 0.05) is 19.0 Å². The molecule has 0 aliphatic carbocycles. The predicted octanol–water partition coefficient (Wildman–Crippen LogP) is -1.29. The van der Waals surface area contributed by atoms with E-state index in [2.05, 4.69) is 10.3 Å². The first kappa shape index (κ1) is 4.28. The van der Waals surface area contributed by atoms with Gasteiger partial charge in [-0.2, -0.15) is 0 Å². The van der Waals surface area contributed by atoms with E-state index in [4.69, 9.17) is 26.2 Å². The van der Waals surface area contributed by atoms with Crippen LogP contribution in [0.3, 0.4) is 0 Å². The van der Waals surface area contributed by atoms with Crippen LogP contribution in [0.25, 0.3) is 0 Å². The molecule has 0 aliphatic rings. The quantitative estimate of drug-likeness (QED) is 0.322. The van der Waals surface area contributed by atoms with Crippen molar-refractivity contribution in [2.24, 2.45) is 16.5 Å². The number of aliphatic carboxylic acids is 1. The van der Waals surface area contributed by atoms with Gasteiger partial charge in [0.15, 0.2) is 5.96 Å². The zero-order valence-corrected chi connectivity index (χ0v) is 6.96. The van der Waals surface area contributed by atoms with Crippen LogP contribution in [0.4, 0.5) is 0 Å². The minimum absolute atomic E-state index is 0.530. The highest BCUT2D eigenvalue weighted by molar-refractivity contribution is 5.77. The second-order valence-electron chi connectivity index (χ2n) is 1.83. The van der Waals surface area contributed by atoms with Gasteiger partial charge in [-0.05, 0) is 12.7 Å². The van der Waals surface area contributed by atoms with Crippen LogP contribution < -0.4 is 16.8 Å². The molecule has 0 radical (unpaired) electrons. The van der Waals surface area contributed by atoms with Crippen LogP contribution in [0.5, 0.6) is 0 Å². The zero-order valence-electron chi connectivity index (χ0n) is 14.0. The van der Waals surface area contributed by atoms with Crippen LogP contribution in [0.1, 0.15) is 22.3 Å². The van der Waals surface area contributed by atoms with Crippen molar-refractivity contribution >= 4 is 11.9 Å². The normalized spacial score (nSPS) is 27.5. The lowest BCUT2D eigenvalue weighted by Gasteiger charge is -2.04. The number of nitrogens with two attached hydrogens (primary N) is 2. The van der Waals surface area contributed by atoms with E-state index in [1.165, 1.54) is 7.05 Å². The summed E-state index contributed by atoms with van der Waals surface area (Å²) in [4.78, 5) is 13.9. The van der Waals surface area contributed by atoms with Crippen molar-refractivity contribution in [2.75, 3.05) is 13.5 Å². The molecule has 0 amide bonds. The van der Waals surface area contributed by atoms with E-state index in [1.54, 1.807) is 0 Å². The summed E-state index contributed by atoms with van der Waals surface area (Å²) < 4.78 is 52.1. The third kappa shape index (κ3) is 5.92. The molecule has 0 saturated carbocycles. The molecule has 0 saturated heterocycles. The molecule has 0 aromatic carbocycles. The first-order valence-corrected chi connectivity index (χ1v) is 3.20. The van der Waals surface area contributed by atoms with Crippen molar-refractivity contribution in [2.45, 2.75) is 18.8 Å². The highest BCUT2D eigenvalue weighted by Crippen LogP contribution is 1.94. The summed E-state index contributed by atoms with van der Waals surface area (Å²) in [6, 6.07) is -3.42. The molecule has 1 unspecified atom stereocenters. The van der Waals surface area contributed by atoms with Crippen LogP contribution >= 0.6 is 0 Å². The van der Waals surface area contributed by atoms with E-state index in [-0.39, 0.29) is 0 Å². The molecule has 0 aromatic heterocycles. The number of guanidine groups is 1. The lowest BCUT2D eigenvalue weighted by atomic mass is 10.2. The molecule has 6 heteroatoms. The van der Waals surface area contributed by atoms with Gasteiger partial charge in [0.25, 0.3) is 0 Å². The van der Waals surface area contributed by atoms with Crippen LogP contribution in [0.15, 0.2) is 4.99 Å². The molecule has 0 fully saturated rings. The Balaban J connectivity index is 5.91. The maximum Gasteiger partial charge on any atom is 0.320 e. The monoisotopic (exact) mass is 195 g/mol. The Morgan fingerprint density at radius 3 is 3.00 bits per heavy atom. The number of carbonyl (C=O) groups is 1. The van der Waals surface area contributed by atoms with Gasteiger partial charge in [0.2, 0.25) is 0 Å². The van der Waals surface area contributed by atoms with Gasteiger partial charge in [0.1, 0.15) is 6.02 Å². The van der Waals surface area contributed by atoms with Gasteiger partial charge in [-0.15, -0.1) is 0 Å². The van der Waals surface area contributed by atoms with E-state index in [9.17, 15) is 4.79 Å². The Morgan fingerprint density at radius 2 is 2.54 bits per heavy atom. The molecule has 6 N–H and O–H groups in total. The average Bonchev–Trinajstić information content (AvgIpc) is 2.27. The van der Waals surface area contributed by atoms with Crippen molar-refractivity contribution in [3.05, 3.63) is 0 Å². The van der Waals surface area contributed by atoms with Gasteiger partial charge < -0.3 is 21.9 Å². The Kier molecular flexibility index (Phi) is 2.05. The van der Waals surface area contributed by atoms with Gasteiger partial charge in [-0.3, -0.25) is 9.79 Å². The van der Waals surface area contributed by atoms with E-state index in [0.29, 0.717) is 0 Å². The average molecular weight is 195 g/mol. The molecular weight excluding hydrogens is 172 g/mol. The molecule has 0 aliphatic heterocycles. The minimum Gasteiger partial charge on any atom is -0.480 e. The molecule has 76 valence electrons. The maximum absolute atomic E-state index is 10.8. The summed E-state index contributed by atoms with van der Waals surface area (Å²) in [5.41, 5.74) is 10.2. The molecule has 0 heterocycles. The molecule has 6 nitrogen and oxygen atoms in total. The Bertz CT molecular complexity index is 423. The standard InChI is InChI=1S/C7H16N4O2/c1-10-7(9)11-4-2-3-5(8)6(12)13/h5H,2-4,8H2,1H3,(H,12,13)(H3,9,10,11)/i2D2,3D2,4D2,5D. The first-order valence-electron chi connectivity index (χ1n) is 6.70. The van der Waals surface area contributed by atoms with Crippen molar-refractivity contribution in [3.8, 4) is 0 Å². The molecule has 0 rings (SSSR count). The summed E-state index contributed by atoms with van der Waals surface area (Å²) in [5.74, 6) is -2.68. The number of carboxylic acid groups (broad SMARTS) is 1. The fourth-order valence-corrected chi connectivity index (χ4v) is 0.293. The minimum atomic E-state index is -3.60. The van der Waals surface area contributed by atoms with Crippen LogP contribution in [0.2, 0.25) is 0 Å². The summed E-state index contributed by atoms with van der Waals surface area (Å²) in [5, 5.41) is 10.9. The number of aliphatic imine (C=N–C) groups is 1. The van der Waals surface area contributed by atoms with Gasteiger partial charge >= 0.3 is 5.97 Å². The summed E-state index contributed by atoms with van der Waals surface area (Å²) in [6.45, 7) is -3.26. The highest BCUT2D eigenvalue weighted by Gasteiger charge is 2.09. The highest BCUT2D eigenvalue weighted by atomic mass is 16.4. The smallest absolute Gasteiger partial charge is 0.320 e. The van der Waals surface area contributed by atoms with Crippen molar-refractivity contribution < 1.29 is 19.5 Å².